The van der Waals surface area contributed by atoms with Crippen molar-refractivity contribution in [2.75, 3.05) is 0 Å². The standard InChI is InChI=1S/C15H19N5O/c1-10(15-17-19-20-18-15)16-14(21)9-11-6-7-12-4-2-3-5-13(12)8-11/h6-8,10H,2-5,9H2,1H3,(H,16,21)(H,17,18,19,20). The van der Waals surface area contributed by atoms with E-state index >= 15 is 0 Å². The van der Waals surface area contributed by atoms with Gasteiger partial charge in [0.25, 0.3) is 0 Å². The number of carbonyl (C=O) groups is 1. The molecule has 1 aromatic heterocycles. The quantitative estimate of drug-likeness (QED) is 0.891. The van der Waals surface area contributed by atoms with Gasteiger partial charge in [-0.1, -0.05) is 23.4 Å². The molecule has 2 N–H and O–H groups in total. The predicted octanol–water partition coefficient (Wildman–Crippen LogP) is 1.50. The van der Waals surface area contributed by atoms with Crippen LogP contribution < -0.4 is 5.32 Å². The third kappa shape index (κ3) is 3.26. The highest BCUT2D eigenvalue weighted by Crippen LogP contribution is 2.22. The van der Waals surface area contributed by atoms with E-state index in [0.29, 0.717) is 12.2 Å². The Morgan fingerprint density at radius 2 is 2.14 bits per heavy atom. The lowest BCUT2D eigenvalue weighted by molar-refractivity contribution is -0.121. The molecule has 0 bridgehead atoms. The molecule has 0 saturated carbocycles. The minimum atomic E-state index is -0.242. The lowest BCUT2D eigenvalue weighted by Crippen LogP contribution is -2.28. The van der Waals surface area contributed by atoms with Gasteiger partial charge in [0.05, 0.1) is 12.5 Å². The van der Waals surface area contributed by atoms with Gasteiger partial charge in [0.2, 0.25) is 5.91 Å². The normalized spacial score (nSPS) is 15.3. The molecule has 21 heavy (non-hydrogen) atoms. The number of aromatic amines is 1. The van der Waals surface area contributed by atoms with Crippen LogP contribution >= 0.6 is 0 Å². The molecule has 1 aliphatic carbocycles. The molecule has 0 fully saturated rings. The number of hydrogen-bond acceptors (Lipinski definition) is 4. The lowest BCUT2D eigenvalue weighted by Gasteiger charge is -2.17. The van der Waals surface area contributed by atoms with Crippen LogP contribution in [-0.4, -0.2) is 26.5 Å². The van der Waals surface area contributed by atoms with Crippen LogP contribution in [0.5, 0.6) is 0 Å². The van der Waals surface area contributed by atoms with Crippen LogP contribution in [0.3, 0.4) is 0 Å². The highest BCUT2D eigenvalue weighted by atomic mass is 16.1. The molecule has 1 amide bonds. The average molecular weight is 285 g/mol. The Balaban J connectivity index is 1.62. The molecular weight excluding hydrogens is 266 g/mol. The van der Waals surface area contributed by atoms with Crippen LogP contribution in [0.4, 0.5) is 0 Å². The number of tetrazole rings is 1. The number of benzene rings is 1. The van der Waals surface area contributed by atoms with Crippen LogP contribution in [0, 0.1) is 0 Å². The number of aromatic nitrogens is 4. The zero-order valence-electron chi connectivity index (χ0n) is 12.1. The van der Waals surface area contributed by atoms with Crippen molar-refractivity contribution in [3.05, 3.63) is 40.7 Å². The predicted molar refractivity (Wildman–Crippen MR) is 77.5 cm³/mol. The molecule has 1 aromatic carbocycles. The first kappa shape index (κ1) is 13.7. The number of carbonyl (C=O) groups excluding carboxylic acids is 1. The Morgan fingerprint density at radius 3 is 2.90 bits per heavy atom. The number of nitrogens with zero attached hydrogens (tertiary/aromatic N) is 3. The number of rotatable bonds is 4. The van der Waals surface area contributed by atoms with E-state index in [0.717, 1.165) is 18.4 Å². The first-order chi connectivity index (χ1) is 10.2. The Morgan fingerprint density at radius 1 is 1.33 bits per heavy atom. The Hall–Kier alpha value is -2.24. The van der Waals surface area contributed by atoms with E-state index in [1.54, 1.807) is 0 Å². The largest absolute Gasteiger partial charge is 0.346 e. The van der Waals surface area contributed by atoms with Gasteiger partial charge in [0.15, 0.2) is 5.82 Å². The molecule has 3 rings (SSSR count). The van der Waals surface area contributed by atoms with Crippen molar-refractivity contribution in [3.8, 4) is 0 Å². The summed E-state index contributed by atoms with van der Waals surface area (Å²) in [6.07, 6.45) is 5.20. The molecule has 0 radical (unpaired) electrons. The van der Waals surface area contributed by atoms with Crippen LogP contribution in [-0.2, 0) is 24.1 Å². The van der Waals surface area contributed by atoms with E-state index in [1.165, 1.54) is 24.0 Å². The maximum absolute atomic E-state index is 12.1. The highest BCUT2D eigenvalue weighted by Gasteiger charge is 2.15. The molecule has 1 heterocycles. The second-order valence-corrected chi connectivity index (χ2v) is 5.55. The topological polar surface area (TPSA) is 83.6 Å². The number of fused-ring (bicyclic) bond motifs is 1. The van der Waals surface area contributed by atoms with Gasteiger partial charge in [-0.2, -0.15) is 5.21 Å². The van der Waals surface area contributed by atoms with Gasteiger partial charge in [-0.25, -0.2) is 0 Å². The Labute approximate surface area is 123 Å². The van der Waals surface area contributed by atoms with Gasteiger partial charge in [-0.15, -0.1) is 10.2 Å². The first-order valence-electron chi connectivity index (χ1n) is 7.36. The molecule has 2 aromatic rings. The smallest absolute Gasteiger partial charge is 0.225 e. The summed E-state index contributed by atoms with van der Waals surface area (Å²) in [5.41, 5.74) is 3.90. The van der Waals surface area contributed by atoms with E-state index in [2.05, 4.69) is 44.1 Å². The van der Waals surface area contributed by atoms with Gasteiger partial charge in [-0.3, -0.25) is 4.79 Å². The molecule has 6 heteroatoms. The minimum absolute atomic E-state index is 0.0249. The van der Waals surface area contributed by atoms with Crippen molar-refractivity contribution in [2.45, 2.75) is 45.1 Å². The number of nitrogens with one attached hydrogen (secondary N) is 2. The summed E-state index contributed by atoms with van der Waals surface area (Å²) < 4.78 is 0. The van der Waals surface area contributed by atoms with Crippen molar-refractivity contribution in [1.29, 1.82) is 0 Å². The van der Waals surface area contributed by atoms with E-state index in [4.69, 9.17) is 0 Å². The molecule has 0 saturated heterocycles. The van der Waals surface area contributed by atoms with E-state index in [-0.39, 0.29) is 11.9 Å². The summed E-state index contributed by atoms with van der Waals surface area (Å²) in [6.45, 7) is 1.84. The number of aryl methyl sites for hydroxylation is 2. The summed E-state index contributed by atoms with van der Waals surface area (Å²) in [4.78, 5) is 12.1. The van der Waals surface area contributed by atoms with Gasteiger partial charge in [-0.05, 0) is 49.3 Å². The summed E-state index contributed by atoms with van der Waals surface area (Å²) >= 11 is 0. The average Bonchev–Trinajstić information content (AvgIpc) is 3.01. The molecule has 1 atom stereocenters. The fraction of sp³-hybridized carbons (Fsp3) is 0.467. The molecule has 1 aliphatic rings. The third-order valence-corrected chi connectivity index (χ3v) is 3.90. The molecule has 110 valence electrons. The highest BCUT2D eigenvalue weighted by molar-refractivity contribution is 5.79. The molecule has 1 unspecified atom stereocenters. The molecular formula is C15H19N5O. The van der Waals surface area contributed by atoms with E-state index in [1.807, 2.05) is 6.92 Å². The lowest BCUT2D eigenvalue weighted by atomic mass is 9.90. The number of amides is 1. The second-order valence-electron chi connectivity index (χ2n) is 5.55. The zero-order valence-corrected chi connectivity index (χ0v) is 12.1. The summed E-state index contributed by atoms with van der Waals surface area (Å²) in [6, 6.07) is 6.16. The van der Waals surface area contributed by atoms with Gasteiger partial charge in [0, 0.05) is 0 Å². The van der Waals surface area contributed by atoms with Crippen LogP contribution in [0.15, 0.2) is 18.2 Å². The molecule has 6 nitrogen and oxygen atoms in total. The maximum Gasteiger partial charge on any atom is 0.225 e. The van der Waals surface area contributed by atoms with Crippen molar-refractivity contribution < 1.29 is 4.79 Å². The second kappa shape index (κ2) is 6.03. The van der Waals surface area contributed by atoms with E-state index in [9.17, 15) is 4.79 Å². The Kier molecular flexibility index (Phi) is 3.94. The summed E-state index contributed by atoms with van der Waals surface area (Å²) in [5, 5.41) is 16.5. The van der Waals surface area contributed by atoms with Gasteiger partial charge < -0.3 is 5.32 Å². The van der Waals surface area contributed by atoms with Crippen molar-refractivity contribution >= 4 is 5.91 Å². The monoisotopic (exact) mass is 285 g/mol. The first-order valence-corrected chi connectivity index (χ1v) is 7.36. The molecule has 0 spiro atoms. The van der Waals surface area contributed by atoms with Crippen LogP contribution in [0.25, 0.3) is 0 Å². The summed E-state index contributed by atoms with van der Waals surface area (Å²) in [7, 11) is 0. The van der Waals surface area contributed by atoms with Crippen LogP contribution in [0.1, 0.15) is 48.3 Å². The van der Waals surface area contributed by atoms with E-state index < -0.39 is 0 Å². The fourth-order valence-corrected chi connectivity index (χ4v) is 2.79. The molecule has 0 aliphatic heterocycles. The Bertz CT molecular complexity index is 623. The summed E-state index contributed by atoms with van der Waals surface area (Å²) in [5.74, 6) is 0.469. The number of hydrogen-bond donors (Lipinski definition) is 2. The van der Waals surface area contributed by atoms with Gasteiger partial charge >= 0.3 is 0 Å². The van der Waals surface area contributed by atoms with Crippen molar-refractivity contribution in [1.82, 2.24) is 25.9 Å². The number of H-pyrrole nitrogens is 1. The van der Waals surface area contributed by atoms with Crippen LogP contribution in [0.2, 0.25) is 0 Å². The van der Waals surface area contributed by atoms with Crippen molar-refractivity contribution in [2.24, 2.45) is 0 Å². The minimum Gasteiger partial charge on any atom is -0.346 e. The van der Waals surface area contributed by atoms with Gasteiger partial charge in [0.1, 0.15) is 0 Å². The SMILES string of the molecule is CC(NC(=O)Cc1ccc2c(c1)CCCC2)c1nn[nH]n1. The fourth-order valence-electron chi connectivity index (χ4n) is 2.79. The third-order valence-electron chi connectivity index (χ3n) is 3.90. The van der Waals surface area contributed by atoms with Crippen molar-refractivity contribution in [3.63, 3.8) is 0 Å². The zero-order chi connectivity index (χ0) is 14.7. The maximum atomic E-state index is 12.1.